The quantitative estimate of drug-likeness (QED) is 0.603. The maximum Gasteiger partial charge on any atom is 0.189 e. The number of ketones is 1. The van der Waals surface area contributed by atoms with Crippen LogP contribution in [0, 0.1) is 5.41 Å². The van der Waals surface area contributed by atoms with E-state index < -0.39 is 0 Å². The van der Waals surface area contributed by atoms with Gasteiger partial charge in [0.2, 0.25) is 0 Å². The van der Waals surface area contributed by atoms with Crippen LogP contribution < -0.4 is 0 Å². The fourth-order valence-electron chi connectivity index (χ4n) is 0.648. The Kier molecular flexibility index (Phi) is 2.04. The van der Waals surface area contributed by atoms with Gasteiger partial charge in [-0.05, 0) is 11.5 Å². The zero-order valence-corrected chi connectivity index (χ0v) is 7.60. The Morgan fingerprint density at radius 3 is 2.55 bits per heavy atom. The molecule has 1 rings (SSSR count). The molecule has 0 aromatic carbocycles. The van der Waals surface area contributed by atoms with Crippen LogP contribution in [0.2, 0.25) is 0 Å². The van der Waals surface area contributed by atoms with E-state index in [-0.39, 0.29) is 11.2 Å². The van der Waals surface area contributed by atoms with Crippen LogP contribution >= 0.6 is 11.5 Å². The molecule has 4 heteroatoms. The largest absolute Gasteiger partial charge is 0.292 e. The molecule has 1 aromatic heterocycles. The van der Waals surface area contributed by atoms with E-state index in [9.17, 15) is 4.79 Å². The van der Waals surface area contributed by atoms with Crippen LogP contribution in [0.4, 0.5) is 0 Å². The van der Waals surface area contributed by atoms with Crippen molar-refractivity contribution in [2.24, 2.45) is 5.41 Å². The summed E-state index contributed by atoms with van der Waals surface area (Å²) in [5, 5.41) is 5.38. The molecule has 0 fully saturated rings. The van der Waals surface area contributed by atoms with Crippen LogP contribution in [0.25, 0.3) is 0 Å². The number of carbonyl (C=O) groups is 1. The first kappa shape index (κ1) is 8.33. The summed E-state index contributed by atoms with van der Waals surface area (Å²) < 4.78 is 3.63. The van der Waals surface area contributed by atoms with E-state index in [1.807, 2.05) is 20.8 Å². The van der Waals surface area contributed by atoms with Crippen LogP contribution in [-0.2, 0) is 0 Å². The third-order valence-corrected chi connectivity index (χ3v) is 1.78. The van der Waals surface area contributed by atoms with Gasteiger partial charge in [-0.2, -0.15) is 0 Å². The number of Topliss-reactive ketones (excluding diaryl/α,β-unsaturated/α-hetero) is 1. The number of aromatic nitrogens is 2. The molecule has 0 unspecified atom stereocenters. The zero-order valence-electron chi connectivity index (χ0n) is 6.79. The summed E-state index contributed by atoms with van der Waals surface area (Å²) >= 11 is 1.20. The molecule has 0 saturated carbocycles. The molecule has 0 aliphatic heterocycles. The Morgan fingerprint density at radius 2 is 2.18 bits per heavy atom. The molecule has 1 heterocycles. The zero-order chi connectivity index (χ0) is 8.48. The third-order valence-electron chi connectivity index (χ3n) is 1.27. The number of nitrogens with zero attached hydrogens (tertiary/aromatic N) is 2. The molecular weight excluding hydrogens is 160 g/mol. The second-order valence-electron chi connectivity index (χ2n) is 3.37. The molecular formula is C7H10N2OS. The van der Waals surface area contributed by atoms with Gasteiger partial charge in [-0.25, -0.2) is 0 Å². The van der Waals surface area contributed by atoms with Gasteiger partial charge in [0.05, 0.1) is 0 Å². The summed E-state index contributed by atoms with van der Waals surface area (Å²) in [6, 6.07) is 0. The minimum atomic E-state index is -0.351. The molecule has 0 saturated heterocycles. The van der Waals surface area contributed by atoms with Crippen molar-refractivity contribution in [1.29, 1.82) is 0 Å². The number of rotatable bonds is 1. The standard InChI is InChI=1S/C7H10N2OS/c1-7(2,3)6(10)5-4-11-9-8-5/h4H,1-3H3. The SMILES string of the molecule is CC(C)(C)C(=O)c1csnn1. The summed E-state index contributed by atoms with van der Waals surface area (Å²) in [6.45, 7) is 5.61. The molecule has 0 atom stereocenters. The van der Waals surface area contributed by atoms with E-state index in [1.165, 1.54) is 11.5 Å². The van der Waals surface area contributed by atoms with Gasteiger partial charge < -0.3 is 0 Å². The van der Waals surface area contributed by atoms with E-state index in [0.717, 1.165) is 0 Å². The summed E-state index contributed by atoms with van der Waals surface area (Å²) in [7, 11) is 0. The highest BCUT2D eigenvalue weighted by Gasteiger charge is 2.24. The maximum absolute atomic E-state index is 11.4. The van der Waals surface area contributed by atoms with E-state index >= 15 is 0 Å². The number of hydrogen-bond donors (Lipinski definition) is 0. The Bertz CT molecular complexity index is 248. The van der Waals surface area contributed by atoms with Crippen molar-refractivity contribution in [3.05, 3.63) is 11.1 Å². The van der Waals surface area contributed by atoms with E-state index in [0.29, 0.717) is 5.69 Å². The van der Waals surface area contributed by atoms with Gasteiger partial charge in [-0.1, -0.05) is 25.3 Å². The minimum Gasteiger partial charge on any atom is -0.292 e. The van der Waals surface area contributed by atoms with E-state index in [2.05, 4.69) is 9.59 Å². The van der Waals surface area contributed by atoms with Crippen LogP contribution in [0.1, 0.15) is 31.3 Å². The molecule has 0 aliphatic rings. The van der Waals surface area contributed by atoms with Gasteiger partial charge in [-0.3, -0.25) is 4.79 Å². The smallest absolute Gasteiger partial charge is 0.189 e. The highest BCUT2D eigenvalue weighted by Crippen LogP contribution is 2.19. The molecule has 0 bridgehead atoms. The third kappa shape index (κ3) is 1.83. The second-order valence-corrected chi connectivity index (χ2v) is 3.98. The van der Waals surface area contributed by atoms with Crippen LogP contribution in [0.15, 0.2) is 5.38 Å². The second kappa shape index (κ2) is 2.70. The normalized spacial score (nSPS) is 11.5. The summed E-state index contributed by atoms with van der Waals surface area (Å²) in [4.78, 5) is 11.4. The van der Waals surface area contributed by atoms with Gasteiger partial charge in [0.15, 0.2) is 5.78 Å². The lowest BCUT2D eigenvalue weighted by Gasteiger charge is -2.13. The van der Waals surface area contributed by atoms with Crippen molar-refractivity contribution in [2.75, 3.05) is 0 Å². The van der Waals surface area contributed by atoms with E-state index in [4.69, 9.17) is 0 Å². The monoisotopic (exact) mass is 170 g/mol. The lowest BCUT2D eigenvalue weighted by atomic mass is 9.89. The fourth-order valence-corrected chi connectivity index (χ4v) is 1.08. The fraction of sp³-hybridized carbons (Fsp3) is 0.571. The van der Waals surface area contributed by atoms with Gasteiger partial charge in [-0.15, -0.1) is 5.10 Å². The highest BCUT2D eigenvalue weighted by atomic mass is 32.1. The molecule has 0 amide bonds. The first-order chi connectivity index (χ1) is 5.02. The van der Waals surface area contributed by atoms with Gasteiger partial charge in [0, 0.05) is 10.8 Å². The Hall–Kier alpha value is -0.770. The van der Waals surface area contributed by atoms with Crippen LogP contribution in [-0.4, -0.2) is 15.4 Å². The first-order valence-electron chi connectivity index (χ1n) is 3.33. The molecule has 0 radical (unpaired) electrons. The van der Waals surface area contributed by atoms with E-state index in [1.54, 1.807) is 5.38 Å². The van der Waals surface area contributed by atoms with Crippen LogP contribution in [0.3, 0.4) is 0 Å². The molecule has 1 aromatic rings. The first-order valence-corrected chi connectivity index (χ1v) is 4.17. The molecule has 3 nitrogen and oxygen atoms in total. The molecule has 0 N–H and O–H groups in total. The Balaban J connectivity index is 2.88. The molecule has 60 valence electrons. The predicted octanol–water partition coefficient (Wildman–Crippen LogP) is 1.77. The maximum atomic E-state index is 11.4. The topological polar surface area (TPSA) is 42.9 Å². The minimum absolute atomic E-state index is 0.0475. The van der Waals surface area contributed by atoms with Crippen molar-refractivity contribution in [3.63, 3.8) is 0 Å². The van der Waals surface area contributed by atoms with Crippen molar-refractivity contribution < 1.29 is 4.79 Å². The summed E-state index contributed by atoms with van der Waals surface area (Å²) in [5.74, 6) is 0.0475. The van der Waals surface area contributed by atoms with Gasteiger partial charge in [0.1, 0.15) is 5.69 Å². The van der Waals surface area contributed by atoms with Crippen molar-refractivity contribution in [2.45, 2.75) is 20.8 Å². The average molecular weight is 170 g/mol. The lowest BCUT2D eigenvalue weighted by Crippen LogP contribution is -2.20. The number of hydrogen-bond acceptors (Lipinski definition) is 4. The summed E-state index contributed by atoms with van der Waals surface area (Å²) in [5.41, 5.74) is 0.123. The average Bonchev–Trinajstić information content (AvgIpc) is 2.34. The Morgan fingerprint density at radius 1 is 1.55 bits per heavy atom. The molecule has 0 spiro atoms. The molecule has 0 aliphatic carbocycles. The summed E-state index contributed by atoms with van der Waals surface area (Å²) in [6.07, 6.45) is 0. The predicted molar refractivity (Wildman–Crippen MR) is 43.7 cm³/mol. The van der Waals surface area contributed by atoms with Gasteiger partial charge >= 0.3 is 0 Å². The Labute approximate surface area is 69.6 Å². The van der Waals surface area contributed by atoms with Crippen LogP contribution in [0.5, 0.6) is 0 Å². The van der Waals surface area contributed by atoms with Crippen molar-refractivity contribution >= 4 is 17.3 Å². The number of carbonyl (C=O) groups excluding carboxylic acids is 1. The lowest BCUT2D eigenvalue weighted by molar-refractivity contribution is 0.0853. The van der Waals surface area contributed by atoms with Crippen molar-refractivity contribution in [1.82, 2.24) is 9.59 Å². The van der Waals surface area contributed by atoms with Crippen molar-refractivity contribution in [3.8, 4) is 0 Å². The molecule has 11 heavy (non-hydrogen) atoms. The highest BCUT2D eigenvalue weighted by molar-refractivity contribution is 7.03. The van der Waals surface area contributed by atoms with Gasteiger partial charge in [0.25, 0.3) is 0 Å².